The minimum Gasteiger partial charge on any atom is -0.497 e. The van der Waals surface area contributed by atoms with Gasteiger partial charge in [0.25, 0.3) is 15.7 Å². The molecule has 3 aromatic carbocycles. The van der Waals surface area contributed by atoms with E-state index in [2.05, 4.69) is 5.32 Å². The highest BCUT2D eigenvalue weighted by atomic mass is 32.2. The van der Waals surface area contributed by atoms with Gasteiger partial charge in [0.2, 0.25) is 0 Å². The molecule has 4 rings (SSSR count). The highest BCUT2D eigenvalue weighted by Gasteiger charge is 2.26. The van der Waals surface area contributed by atoms with Crippen LogP contribution in [0.5, 0.6) is 5.75 Å². The van der Waals surface area contributed by atoms with Crippen molar-refractivity contribution >= 4 is 43.7 Å². The number of non-ortho nitro benzene ring substituents is 1. The number of nitrogens with two attached hydrogens (primary N) is 1. The molecule has 0 fully saturated rings. The van der Waals surface area contributed by atoms with E-state index in [1.54, 1.807) is 24.3 Å². The quantitative estimate of drug-likeness (QED) is 0.263. The van der Waals surface area contributed by atoms with E-state index in [9.17, 15) is 18.5 Å². The van der Waals surface area contributed by atoms with E-state index in [1.165, 1.54) is 55.8 Å². The van der Waals surface area contributed by atoms with Crippen molar-refractivity contribution < 1.29 is 18.1 Å². The van der Waals surface area contributed by atoms with Gasteiger partial charge in [-0.05, 0) is 54.6 Å². The maximum Gasteiger partial charge on any atom is 0.294 e. The van der Waals surface area contributed by atoms with Gasteiger partial charge in [0.15, 0.2) is 0 Å². The van der Waals surface area contributed by atoms with E-state index >= 15 is 0 Å². The molecule has 0 amide bonds. The number of nitrogens with one attached hydrogen (secondary N) is 1. The van der Waals surface area contributed by atoms with Crippen LogP contribution in [0.25, 0.3) is 10.9 Å². The van der Waals surface area contributed by atoms with Crippen LogP contribution in [0, 0.1) is 10.1 Å². The number of methoxy groups -OCH3 is 1. The van der Waals surface area contributed by atoms with Crippen molar-refractivity contribution in [2.45, 2.75) is 4.90 Å². The number of nitrogen functional groups attached to an aromatic ring is 1. The molecule has 1 heterocycles. The third-order valence-corrected chi connectivity index (χ3v) is 6.46. The number of nitrogens with zero attached hydrogens (tertiary/aromatic N) is 2. The summed E-state index contributed by atoms with van der Waals surface area (Å²) in [6.07, 6.45) is 1.31. The Bertz CT molecular complexity index is 1400. The zero-order valence-corrected chi connectivity index (χ0v) is 17.2. The second-order valence-electron chi connectivity index (χ2n) is 6.69. The molecule has 0 saturated heterocycles. The Balaban J connectivity index is 1.89. The van der Waals surface area contributed by atoms with Crippen LogP contribution in [-0.4, -0.2) is 24.4 Å². The number of nitro benzene ring substituents is 1. The Kier molecular flexibility index (Phi) is 4.99. The Hall–Kier alpha value is -4.05. The molecule has 158 valence electrons. The topological polar surface area (TPSA) is 129 Å². The van der Waals surface area contributed by atoms with Crippen molar-refractivity contribution in [2.75, 3.05) is 18.2 Å². The van der Waals surface area contributed by atoms with Gasteiger partial charge in [-0.2, -0.15) is 0 Å². The molecule has 0 radical (unpaired) electrons. The molecular formula is C21H18N4O5S. The van der Waals surface area contributed by atoms with Gasteiger partial charge in [0.1, 0.15) is 11.3 Å². The van der Waals surface area contributed by atoms with Crippen molar-refractivity contribution in [3.05, 3.63) is 83.0 Å². The number of rotatable bonds is 6. The lowest BCUT2D eigenvalue weighted by Gasteiger charge is -2.11. The lowest BCUT2D eigenvalue weighted by atomic mass is 10.1. The van der Waals surface area contributed by atoms with Gasteiger partial charge in [-0.25, -0.2) is 12.4 Å². The fourth-order valence-electron chi connectivity index (χ4n) is 3.30. The largest absolute Gasteiger partial charge is 0.497 e. The molecule has 1 aromatic heterocycles. The number of anilines is 3. The molecule has 0 saturated carbocycles. The van der Waals surface area contributed by atoms with Crippen LogP contribution >= 0.6 is 0 Å². The number of fused-ring (bicyclic) bond motifs is 1. The van der Waals surface area contributed by atoms with Gasteiger partial charge in [-0.15, -0.1) is 0 Å². The third kappa shape index (κ3) is 3.64. The first kappa shape index (κ1) is 20.2. The molecule has 4 aromatic rings. The summed E-state index contributed by atoms with van der Waals surface area (Å²) in [7, 11) is -2.62. The molecule has 31 heavy (non-hydrogen) atoms. The van der Waals surface area contributed by atoms with E-state index in [-0.39, 0.29) is 16.1 Å². The SMILES string of the molecule is COc1ccc(S(=O)(=O)n2ccc3c(Nc4cccc(N)c4)ccc([N+](=O)[O-])c32)cc1. The second kappa shape index (κ2) is 7.65. The zero-order chi connectivity index (χ0) is 22.2. The number of hydrogen-bond acceptors (Lipinski definition) is 7. The van der Waals surface area contributed by atoms with Crippen LogP contribution < -0.4 is 15.8 Å². The summed E-state index contributed by atoms with van der Waals surface area (Å²) in [4.78, 5) is 11.0. The van der Waals surface area contributed by atoms with Crippen molar-refractivity contribution in [3.8, 4) is 5.75 Å². The first-order chi connectivity index (χ1) is 14.8. The van der Waals surface area contributed by atoms with Crippen molar-refractivity contribution in [2.24, 2.45) is 0 Å². The minimum atomic E-state index is -4.09. The lowest BCUT2D eigenvalue weighted by molar-refractivity contribution is -0.383. The third-order valence-electron chi connectivity index (χ3n) is 4.77. The lowest BCUT2D eigenvalue weighted by Crippen LogP contribution is -2.12. The van der Waals surface area contributed by atoms with E-state index in [4.69, 9.17) is 10.5 Å². The molecule has 0 aliphatic carbocycles. The van der Waals surface area contributed by atoms with Crippen LogP contribution in [0.15, 0.2) is 77.8 Å². The monoisotopic (exact) mass is 438 g/mol. The van der Waals surface area contributed by atoms with Crippen LogP contribution in [-0.2, 0) is 10.0 Å². The number of nitro groups is 1. The highest BCUT2D eigenvalue weighted by molar-refractivity contribution is 7.90. The second-order valence-corrected chi connectivity index (χ2v) is 8.51. The van der Waals surface area contributed by atoms with Crippen molar-refractivity contribution in [3.63, 3.8) is 0 Å². The Morgan fingerprint density at radius 3 is 2.45 bits per heavy atom. The van der Waals surface area contributed by atoms with Crippen LogP contribution in [0.4, 0.5) is 22.7 Å². The molecule has 0 bridgehead atoms. The van der Waals surface area contributed by atoms with Crippen LogP contribution in [0.1, 0.15) is 0 Å². The zero-order valence-electron chi connectivity index (χ0n) is 16.3. The number of ether oxygens (including phenoxy) is 1. The fourth-order valence-corrected chi connectivity index (χ4v) is 4.66. The summed E-state index contributed by atoms with van der Waals surface area (Å²) in [5.74, 6) is 0.496. The summed E-state index contributed by atoms with van der Waals surface area (Å²) in [6, 6.07) is 17.1. The molecule has 0 aliphatic heterocycles. The van der Waals surface area contributed by atoms with Crippen molar-refractivity contribution in [1.82, 2.24) is 3.97 Å². The molecular weight excluding hydrogens is 420 g/mol. The van der Waals surface area contributed by atoms with Gasteiger partial charge in [-0.1, -0.05) is 6.07 Å². The Morgan fingerprint density at radius 1 is 1.06 bits per heavy atom. The summed E-state index contributed by atoms with van der Waals surface area (Å²) in [5, 5.41) is 15.2. The average Bonchev–Trinajstić information content (AvgIpc) is 3.20. The van der Waals surface area contributed by atoms with E-state index in [1.807, 2.05) is 0 Å². The summed E-state index contributed by atoms with van der Waals surface area (Å²) >= 11 is 0. The molecule has 10 heteroatoms. The molecule has 0 atom stereocenters. The number of aromatic nitrogens is 1. The molecule has 0 spiro atoms. The normalized spacial score (nSPS) is 11.4. The first-order valence-corrected chi connectivity index (χ1v) is 10.6. The van der Waals surface area contributed by atoms with E-state index < -0.39 is 14.9 Å². The smallest absolute Gasteiger partial charge is 0.294 e. The predicted molar refractivity (Wildman–Crippen MR) is 118 cm³/mol. The van der Waals surface area contributed by atoms with Gasteiger partial charge in [0, 0.05) is 34.7 Å². The van der Waals surface area contributed by atoms with Gasteiger partial charge < -0.3 is 15.8 Å². The average molecular weight is 438 g/mol. The molecule has 9 nitrogen and oxygen atoms in total. The summed E-state index contributed by atoms with van der Waals surface area (Å²) < 4.78 is 32.5. The predicted octanol–water partition coefficient (Wildman–Crippen LogP) is 4.12. The molecule has 3 N–H and O–H groups in total. The Labute approximate surface area is 177 Å². The van der Waals surface area contributed by atoms with Gasteiger partial charge in [-0.3, -0.25) is 10.1 Å². The highest BCUT2D eigenvalue weighted by Crippen LogP contribution is 2.36. The fraction of sp³-hybridized carbons (Fsp3) is 0.0476. The van der Waals surface area contributed by atoms with E-state index in [0.29, 0.717) is 28.2 Å². The maximum atomic E-state index is 13.3. The maximum absolute atomic E-state index is 13.3. The van der Waals surface area contributed by atoms with Gasteiger partial charge >= 0.3 is 0 Å². The van der Waals surface area contributed by atoms with E-state index in [0.717, 1.165) is 3.97 Å². The van der Waals surface area contributed by atoms with Gasteiger partial charge in [0.05, 0.1) is 16.9 Å². The first-order valence-electron chi connectivity index (χ1n) is 9.12. The van der Waals surface area contributed by atoms with Crippen LogP contribution in [0.3, 0.4) is 0 Å². The summed E-state index contributed by atoms with van der Waals surface area (Å²) in [5.41, 5.74) is 7.18. The molecule has 0 aliphatic rings. The molecule has 0 unspecified atom stereocenters. The Morgan fingerprint density at radius 2 is 1.81 bits per heavy atom. The number of benzene rings is 3. The summed E-state index contributed by atoms with van der Waals surface area (Å²) in [6.45, 7) is 0. The minimum absolute atomic E-state index is 0.0192. The van der Waals surface area contributed by atoms with Crippen LogP contribution in [0.2, 0.25) is 0 Å². The van der Waals surface area contributed by atoms with Crippen molar-refractivity contribution in [1.29, 1.82) is 0 Å². The number of hydrogen-bond donors (Lipinski definition) is 2. The standard InChI is InChI=1S/C21H18N4O5S/c1-30-16-5-7-17(8-6-16)31(28,29)24-12-11-18-19(9-10-20(21(18)24)25(26)27)23-15-4-2-3-14(22)13-15/h2-13,23H,22H2,1H3.